The molecule has 0 radical (unpaired) electrons. The molecule has 1 aliphatic heterocycles. The fourth-order valence-corrected chi connectivity index (χ4v) is 2.00. The summed E-state index contributed by atoms with van der Waals surface area (Å²) in [5.41, 5.74) is 2.95. The lowest BCUT2D eigenvalue weighted by atomic mass is 10.1. The first-order valence-corrected chi connectivity index (χ1v) is 5.98. The van der Waals surface area contributed by atoms with E-state index in [1.807, 2.05) is 25.1 Å². The van der Waals surface area contributed by atoms with Crippen molar-refractivity contribution >= 4 is 0 Å². The zero-order valence-electron chi connectivity index (χ0n) is 10.1. The topological polar surface area (TPSA) is 42.2 Å². The van der Waals surface area contributed by atoms with Gasteiger partial charge in [0.25, 0.3) is 0 Å². The number of rotatable bonds is 4. The van der Waals surface area contributed by atoms with Crippen molar-refractivity contribution in [2.75, 3.05) is 13.2 Å². The smallest absolute Gasteiger partial charge is 0.0991 e. The molecule has 17 heavy (non-hydrogen) atoms. The lowest BCUT2D eigenvalue weighted by Crippen LogP contribution is -2.14. The summed E-state index contributed by atoms with van der Waals surface area (Å²) in [7, 11) is 0. The van der Waals surface area contributed by atoms with Gasteiger partial charge in [0.2, 0.25) is 0 Å². The maximum atomic E-state index is 8.77. The molecule has 1 aromatic carbocycles. The van der Waals surface area contributed by atoms with Gasteiger partial charge in [0, 0.05) is 6.61 Å². The minimum atomic E-state index is 0.272. The maximum Gasteiger partial charge on any atom is 0.0991 e. The van der Waals surface area contributed by atoms with E-state index in [1.54, 1.807) is 0 Å². The van der Waals surface area contributed by atoms with Crippen LogP contribution in [0.25, 0.3) is 0 Å². The van der Waals surface area contributed by atoms with Crippen molar-refractivity contribution in [2.24, 2.45) is 0 Å². The van der Waals surface area contributed by atoms with Gasteiger partial charge in [-0.1, -0.05) is 6.07 Å². The van der Waals surface area contributed by atoms with Gasteiger partial charge in [0.1, 0.15) is 0 Å². The molecule has 1 fully saturated rings. The van der Waals surface area contributed by atoms with Crippen LogP contribution in [0.15, 0.2) is 18.2 Å². The third-order valence-corrected chi connectivity index (χ3v) is 3.06. The first-order valence-electron chi connectivity index (χ1n) is 5.98. The first-order chi connectivity index (χ1) is 8.29. The number of benzene rings is 1. The highest BCUT2D eigenvalue weighted by atomic mass is 16.5. The van der Waals surface area contributed by atoms with Crippen LogP contribution in [0, 0.1) is 18.3 Å². The number of aryl methyl sites for hydroxylation is 1. The molecule has 2 rings (SSSR count). The maximum absolute atomic E-state index is 8.77. The fourth-order valence-electron chi connectivity index (χ4n) is 2.00. The SMILES string of the molecule is Cc1cc(C#N)ccc1COCC1CCCO1. The molecular weight excluding hydrogens is 214 g/mol. The highest BCUT2D eigenvalue weighted by Crippen LogP contribution is 2.15. The molecule has 0 N–H and O–H groups in total. The second-order valence-electron chi connectivity index (χ2n) is 4.40. The standard InChI is InChI=1S/C14H17NO2/c1-11-7-12(8-15)4-5-13(11)9-16-10-14-3-2-6-17-14/h4-5,7,14H,2-3,6,9-10H2,1H3. The minimum Gasteiger partial charge on any atom is -0.376 e. The summed E-state index contributed by atoms with van der Waals surface area (Å²) >= 11 is 0. The van der Waals surface area contributed by atoms with Crippen LogP contribution in [0.1, 0.15) is 29.5 Å². The molecule has 3 heteroatoms. The Morgan fingerprint density at radius 1 is 1.53 bits per heavy atom. The quantitative estimate of drug-likeness (QED) is 0.799. The summed E-state index contributed by atoms with van der Waals surface area (Å²) in [6.07, 6.45) is 2.52. The molecule has 0 spiro atoms. The first kappa shape index (κ1) is 12.1. The molecule has 3 nitrogen and oxygen atoms in total. The van der Waals surface area contributed by atoms with E-state index < -0.39 is 0 Å². The zero-order chi connectivity index (χ0) is 12.1. The summed E-state index contributed by atoms with van der Waals surface area (Å²) in [5.74, 6) is 0. The molecule has 0 bridgehead atoms. The molecule has 1 saturated heterocycles. The van der Waals surface area contributed by atoms with Crippen LogP contribution in [0.2, 0.25) is 0 Å². The number of nitriles is 1. The molecule has 0 aromatic heterocycles. The predicted molar refractivity (Wildman–Crippen MR) is 64.5 cm³/mol. The molecule has 0 amide bonds. The zero-order valence-corrected chi connectivity index (χ0v) is 10.1. The number of hydrogen-bond acceptors (Lipinski definition) is 3. The van der Waals surface area contributed by atoms with Crippen LogP contribution < -0.4 is 0 Å². The summed E-state index contributed by atoms with van der Waals surface area (Å²) in [5, 5.41) is 8.77. The van der Waals surface area contributed by atoms with Gasteiger partial charge in [-0.2, -0.15) is 5.26 Å². The van der Waals surface area contributed by atoms with Crippen LogP contribution >= 0.6 is 0 Å². The van der Waals surface area contributed by atoms with Crippen LogP contribution in [0.4, 0.5) is 0 Å². The van der Waals surface area contributed by atoms with E-state index in [0.29, 0.717) is 18.8 Å². The number of ether oxygens (including phenoxy) is 2. The van der Waals surface area contributed by atoms with Crippen LogP contribution in [-0.4, -0.2) is 19.3 Å². The van der Waals surface area contributed by atoms with Gasteiger partial charge in [-0.05, 0) is 43.0 Å². The van der Waals surface area contributed by atoms with E-state index in [4.69, 9.17) is 14.7 Å². The monoisotopic (exact) mass is 231 g/mol. The minimum absolute atomic E-state index is 0.272. The van der Waals surface area contributed by atoms with E-state index in [-0.39, 0.29) is 6.10 Å². The molecular formula is C14H17NO2. The normalized spacial score (nSPS) is 19.2. The van der Waals surface area contributed by atoms with Crippen LogP contribution in [0.3, 0.4) is 0 Å². The van der Waals surface area contributed by atoms with Crippen LogP contribution in [-0.2, 0) is 16.1 Å². The molecule has 90 valence electrons. The molecule has 1 aromatic rings. The van der Waals surface area contributed by atoms with Gasteiger partial charge in [-0.15, -0.1) is 0 Å². The van der Waals surface area contributed by atoms with Crippen molar-refractivity contribution in [1.29, 1.82) is 5.26 Å². The van der Waals surface area contributed by atoms with Crippen molar-refractivity contribution in [1.82, 2.24) is 0 Å². The fraction of sp³-hybridized carbons (Fsp3) is 0.500. The van der Waals surface area contributed by atoms with Crippen molar-refractivity contribution in [3.8, 4) is 6.07 Å². The Hall–Kier alpha value is -1.37. The third-order valence-electron chi connectivity index (χ3n) is 3.06. The average Bonchev–Trinajstić information content (AvgIpc) is 2.84. The molecule has 1 aliphatic rings. The average molecular weight is 231 g/mol. The summed E-state index contributed by atoms with van der Waals surface area (Å²) in [6.45, 7) is 4.13. The lowest BCUT2D eigenvalue weighted by Gasteiger charge is -2.11. The highest BCUT2D eigenvalue weighted by Gasteiger charge is 2.15. The van der Waals surface area contributed by atoms with Gasteiger partial charge in [0.15, 0.2) is 0 Å². The Kier molecular flexibility index (Phi) is 4.13. The Morgan fingerprint density at radius 3 is 3.06 bits per heavy atom. The van der Waals surface area contributed by atoms with Crippen molar-refractivity contribution < 1.29 is 9.47 Å². The molecule has 0 aliphatic carbocycles. The second-order valence-corrected chi connectivity index (χ2v) is 4.40. The van der Waals surface area contributed by atoms with Crippen molar-refractivity contribution in [2.45, 2.75) is 32.5 Å². The van der Waals surface area contributed by atoms with Gasteiger partial charge in [-0.3, -0.25) is 0 Å². The molecule has 1 atom stereocenters. The third kappa shape index (κ3) is 3.29. The van der Waals surface area contributed by atoms with E-state index in [9.17, 15) is 0 Å². The predicted octanol–water partition coefficient (Wildman–Crippen LogP) is 2.56. The second kappa shape index (κ2) is 5.81. The lowest BCUT2D eigenvalue weighted by molar-refractivity contribution is 0.0104. The van der Waals surface area contributed by atoms with E-state index in [1.165, 1.54) is 0 Å². The van der Waals surface area contributed by atoms with Gasteiger partial charge >= 0.3 is 0 Å². The van der Waals surface area contributed by atoms with Crippen molar-refractivity contribution in [3.05, 3.63) is 34.9 Å². The Labute approximate surface area is 102 Å². The van der Waals surface area contributed by atoms with Crippen molar-refractivity contribution in [3.63, 3.8) is 0 Å². The van der Waals surface area contributed by atoms with E-state index >= 15 is 0 Å². The van der Waals surface area contributed by atoms with Gasteiger partial charge < -0.3 is 9.47 Å². The number of nitrogens with zero attached hydrogens (tertiary/aromatic N) is 1. The molecule has 0 saturated carbocycles. The Bertz CT molecular complexity index is 417. The largest absolute Gasteiger partial charge is 0.376 e. The van der Waals surface area contributed by atoms with E-state index in [2.05, 4.69) is 6.07 Å². The highest BCUT2D eigenvalue weighted by molar-refractivity contribution is 5.37. The Morgan fingerprint density at radius 2 is 2.41 bits per heavy atom. The van der Waals surface area contributed by atoms with E-state index in [0.717, 1.165) is 30.6 Å². The van der Waals surface area contributed by atoms with Crippen LogP contribution in [0.5, 0.6) is 0 Å². The molecule has 1 unspecified atom stereocenters. The summed E-state index contributed by atoms with van der Waals surface area (Å²) < 4.78 is 11.1. The number of hydrogen-bond donors (Lipinski definition) is 0. The van der Waals surface area contributed by atoms with Gasteiger partial charge in [-0.25, -0.2) is 0 Å². The van der Waals surface area contributed by atoms with Gasteiger partial charge in [0.05, 0.1) is 31.0 Å². The summed E-state index contributed by atoms with van der Waals surface area (Å²) in [4.78, 5) is 0. The molecule has 1 heterocycles. The summed E-state index contributed by atoms with van der Waals surface area (Å²) in [6, 6.07) is 7.82. The Balaban J connectivity index is 1.84.